The van der Waals surface area contributed by atoms with Crippen LogP contribution in [0.25, 0.3) is 0 Å². The molecule has 0 aliphatic carbocycles. The first kappa shape index (κ1) is 17.3. The van der Waals surface area contributed by atoms with Crippen molar-refractivity contribution in [1.82, 2.24) is 0 Å². The van der Waals surface area contributed by atoms with Gasteiger partial charge in [0.25, 0.3) is 0 Å². The minimum Gasteiger partial charge on any atom is -0.504 e. The quantitative estimate of drug-likeness (QED) is 0.409. The molecule has 4 nitrogen and oxygen atoms in total. The van der Waals surface area contributed by atoms with E-state index in [1.165, 1.54) is 0 Å². The van der Waals surface area contributed by atoms with E-state index < -0.39 is 6.16 Å². The van der Waals surface area contributed by atoms with E-state index in [9.17, 15) is 9.90 Å². The SMILES string of the molecule is CCCCCc1cc(CCCC)c(C)c(O)c1OC(=O)O. The second-order valence-corrected chi connectivity index (χ2v) is 5.43. The summed E-state index contributed by atoms with van der Waals surface area (Å²) in [5.74, 6) is 0.0776. The number of hydrogen-bond donors (Lipinski definition) is 2. The van der Waals surface area contributed by atoms with Gasteiger partial charge in [0, 0.05) is 0 Å². The molecule has 0 atom stereocenters. The van der Waals surface area contributed by atoms with Gasteiger partial charge in [-0.15, -0.1) is 0 Å². The average Bonchev–Trinajstić information content (AvgIpc) is 2.44. The number of ether oxygens (including phenoxy) is 1. The van der Waals surface area contributed by atoms with Gasteiger partial charge in [0.2, 0.25) is 0 Å². The van der Waals surface area contributed by atoms with E-state index in [0.29, 0.717) is 0 Å². The minimum atomic E-state index is -1.39. The molecule has 4 heteroatoms. The first-order valence-electron chi connectivity index (χ1n) is 7.76. The molecule has 1 rings (SSSR count). The summed E-state index contributed by atoms with van der Waals surface area (Å²) in [6, 6.07) is 2.00. The number of phenolic OH excluding ortho intramolecular Hbond substituents is 1. The van der Waals surface area contributed by atoms with Crippen LogP contribution in [-0.2, 0) is 12.8 Å². The third kappa shape index (κ3) is 4.96. The third-order valence-electron chi connectivity index (χ3n) is 3.73. The van der Waals surface area contributed by atoms with Crippen molar-refractivity contribution in [2.75, 3.05) is 0 Å². The molecule has 21 heavy (non-hydrogen) atoms. The first-order valence-corrected chi connectivity index (χ1v) is 7.76. The second-order valence-electron chi connectivity index (χ2n) is 5.43. The van der Waals surface area contributed by atoms with Crippen LogP contribution in [0.2, 0.25) is 0 Å². The zero-order valence-electron chi connectivity index (χ0n) is 13.2. The highest BCUT2D eigenvalue weighted by Gasteiger charge is 2.18. The van der Waals surface area contributed by atoms with Gasteiger partial charge in [-0.05, 0) is 49.3 Å². The Morgan fingerprint density at radius 2 is 1.71 bits per heavy atom. The molecular weight excluding hydrogens is 268 g/mol. The number of benzene rings is 1. The summed E-state index contributed by atoms with van der Waals surface area (Å²) < 4.78 is 4.81. The Bertz CT molecular complexity index is 480. The van der Waals surface area contributed by atoms with Crippen molar-refractivity contribution < 1.29 is 19.7 Å². The summed E-state index contributed by atoms with van der Waals surface area (Å²) >= 11 is 0. The highest BCUT2D eigenvalue weighted by atomic mass is 16.7. The van der Waals surface area contributed by atoms with E-state index >= 15 is 0 Å². The summed E-state index contributed by atoms with van der Waals surface area (Å²) in [5.41, 5.74) is 2.59. The van der Waals surface area contributed by atoms with Gasteiger partial charge in [0.05, 0.1) is 0 Å². The predicted octanol–water partition coefficient (Wildman–Crippen LogP) is 4.83. The molecule has 0 spiro atoms. The zero-order chi connectivity index (χ0) is 15.8. The largest absolute Gasteiger partial charge is 0.511 e. The van der Waals surface area contributed by atoms with E-state index in [1.54, 1.807) is 0 Å². The lowest BCUT2D eigenvalue weighted by Gasteiger charge is -2.16. The fourth-order valence-electron chi connectivity index (χ4n) is 2.44. The van der Waals surface area contributed by atoms with Gasteiger partial charge in [-0.2, -0.15) is 0 Å². The molecule has 0 unspecified atom stereocenters. The molecular formula is C17H26O4. The van der Waals surface area contributed by atoms with Crippen LogP contribution >= 0.6 is 0 Å². The highest BCUT2D eigenvalue weighted by Crippen LogP contribution is 2.37. The van der Waals surface area contributed by atoms with Crippen molar-refractivity contribution in [2.45, 2.75) is 65.7 Å². The number of rotatable bonds is 8. The van der Waals surface area contributed by atoms with Crippen molar-refractivity contribution in [1.29, 1.82) is 0 Å². The molecule has 0 aromatic heterocycles. The van der Waals surface area contributed by atoms with Crippen LogP contribution in [0.5, 0.6) is 11.5 Å². The van der Waals surface area contributed by atoms with E-state index in [0.717, 1.165) is 61.6 Å². The number of phenols is 1. The van der Waals surface area contributed by atoms with E-state index in [-0.39, 0.29) is 11.5 Å². The maximum absolute atomic E-state index is 10.8. The Kier molecular flexibility index (Phi) is 7.06. The van der Waals surface area contributed by atoms with Gasteiger partial charge in [-0.1, -0.05) is 39.2 Å². The Morgan fingerprint density at radius 3 is 2.29 bits per heavy atom. The number of hydrogen-bond acceptors (Lipinski definition) is 3. The van der Waals surface area contributed by atoms with Gasteiger partial charge in [-0.25, -0.2) is 4.79 Å². The first-order chi connectivity index (χ1) is 10.0. The number of carboxylic acid groups (broad SMARTS) is 1. The second kappa shape index (κ2) is 8.55. The zero-order valence-corrected chi connectivity index (χ0v) is 13.2. The Balaban J connectivity index is 3.13. The molecule has 0 saturated carbocycles. The summed E-state index contributed by atoms with van der Waals surface area (Å²) in [6.45, 7) is 6.05. The molecule has 0 amide bonds. The molecule has 2 N–H and O–H groups in total. The van der Waals surface area contributed by atoms with E-state index in [1.807, 2.05) is 13.0 Å². The molecule has 0 aliphatic rings. The minimum absolute atomic E-state index is 0.0301. The molecule has 0 radical (unpaired) electrons. The molecule has 0 fully saturated rings. The van der Waals surface area contributed by atoms with Crippen molar-refractivity contribution in [3.63, 3.8) is 0 Å². The Labute approximate surface area is 126 Å². The average molecular weight is 294 g/mol. The molecule has 1 aromatic rings. The van der Waals surface area contributed by atoms with Gasteiger partial charge >= 0.3 is 6.16 Å². The number of unbranched alkanes of at least 4 members (excludes halogenated alkanes) is 3. The fraction of sp³-hybridized carbons (Fsp3) is 0.588. The van der Waals surface area contributed by atoms with Gasteiger partial charge in [-0.3, -0.25) is 0 Å². The molecule has 1 aromatic carbocycles. The molecule has 0 aliphatic heterocycles. The highest BCUT2D eigenvalue weighted by molar-refractivity contribution is 5.66. The van der Waals surface area contributed by atoms with Gasteiger partial charge < -0.3 is 14.9 Å². The van der Waals surface area contributed by atoms with Crippen molar-refractivity contribution in [2.24, 2.45) is 0 Å². The summed E-state index contributed by atoms with van der Waals surface area (Å²) in [6.07, 6.45) is 5.49. The summed E-state index contributed by atoms with van der Waals surface area (Å²) in [7, 11) is 0. The Hall–Kier alpha value is -1.71. The number of aromatic hydroxyl groups is 1. The van der Waals surface area contributed by atoms with Gasteiger partial charge in [0.15, 0.2) is 11.5 Å². The van der Waals surface area contributed by atoms with Crippen LogP contribution in [0, 0.1) is 6.92 Å². The normalized spacial score (nSPS) is 10.6. The summed E-state index contributed by atoms with van der Waals surface area (Å²) in [5, 5.41) is 19.1. The van der Waals surface area contributed by atoms with Crippen molar-refractivity contribution >= 4 is 6.16 Å². The van der Waals surface area contributed by atoms with Crippen LogP contribution in [0.4, 0.5) is 4.79 Å². The smallest absolute Gasteiger partial charge is 0.504 e. The Morgan fingerprint density at radius 1 is 1.10 bits per heavy atom. The summed E-state index contributed by atoms with van der Waals surface area (Å²) in [4.78, 5) is 10.8. The van der Waals surface area contributed by atoms with Gasteiger partial charge in [0.1, 0.15) is 0 Å². The lowest BCUT2D eigenvalue weighted by molar-refractivity contribution is 0.142. The standard InChI is InChI=1S/C17H26O4/c1-4-6-8-10-14-11-13(9-7-5-2)12(3)15(18)16(14)21-17(19)20/h11,18H,4-10H2,1-3H3,(H,19,20). The van der Waals surface area contributed by atoms with E-state index in [2.05, 4.69) is 13.8 Å². The third-order valence-corrected chi connectivity index (χ3v) is 3.73. The van der Waals surface area contributed by atoms with E-state index in [4.69, 9.17) is 9.84 Å². The maximum atomic E-state index is 10.8. The lowest BCUT2D eigenvalue weighted by atomic mass is 9.95. The fourth-order valence-corrected chi connectivity index (χ4v) is 2.44. The van der Waals surface area contributed by atoms with Crippen LogP contribution in [0.3, 0.4) is 0 Å². The number of carbonyl (C=O) groups is 1. The van der Waals surface area contributed by atoms with Crippen LogP contribution in [0.15, 0.2) is 6.07 Å². The molecule has 0 saturated heterocycles. The number of aryl methyl sites for hydroxylation is 2. The van der Waals surface area contributed by atoms with Crippen molar-refractivity contribution in [3.8, 4) is 11.5 Å². The van der Waals surface area contributed by atoms with Crippen LogP contribution in [-0.4, -0.2) is 16.4 Å². The maximum Gasteiger partial charge on any atom is 0.511 e. The predicted molar refractivity (Wildman–Crippen MR) is 83.3 cm³/mol. The monoisotopic (exact) mass is 294 g/mol. The molecule has 0 bridgehead atoms. The van der Waals surface area contributed by atoms with Crippen LogP contribution in [0.1, 0.15) is 62.6 Å². The van der Waals surface area contributed by atoms with Crippen LogP contribution < -0.4 is 4.74 Å². The lowest BCUT2D eigenvalue weighted by Crippen LogP contribution is -2.07. The molecule has 0 heterocycles. The molecule has 118 valence electrons. The topological polar surface area (TPSA) is 66.8 Å². The van der Waals surface area contributed by atoms with Crippen molar-refractivity contribution in [3.05, 3.63) is 22.8 Å².